The highest BCUT2D eigenvalue weighted by Gasteiger charge is 2.07. The van der Waals surface area contributed by atoms with Gasteiger partial charge in [-0.3, -0.25) is 10.1 Å². The molecule has 4 heteroatoms. The maximum absolute atomic E-state index is 10.5. The molecule has 0 unspecified atom stereocenters. The van der Waals surface area contributed by atoms with Crippen molar-refractivity contribution in [3.63, 3.8) is 0 Å². The van der Waals surface area contributed by atoms with E-state index in [2.05, 4.69) is 11.8 Å². The molecule has 0 heterocycles. The molecule has 1 aromatic rings. The number of nitro benzene ring substituents is 1. The molecular formula is C11H12N2O2. The first kappa shape index (κ1) is 11.1. The molecule has 0 radical (unpaired) electrons. The summed E-state index contributed by atoms with van der Waals surface area (Å²) in [6, 6.07) is 4.27. The van der Waals surface area contributed by atoms with Gasteiger partial charge in [0.15, 0.2) is 0 Å². The summed E-state index contributed by atoms with van der Waals surface area (Å²) in [5.41, 5.74) is 6.64. The topological polar surface area (TPSA) is 69.2 Å². The maximum atomic E-state index is 10.5. The Balaban J connectivity index is 3.13. The zero-order valence-corrected chi connectivity index (χ0v) is 8.65. The van der Waals surface area contributed by atoms with Crippen molar-refractivity contribution in [2.45, 2.75) is 13.8 Å². The Morgan fingerprint density at radius 1 is 1.47 bits per heavy atom. The summed E-state index contributed by atoms with van der Waals surface area (Å²) in [7, 11) is 0. The van der Waals surface area contributed by atoms with Gasteiger partial charge in [0, 0.05) is 23.7 Å². The zero-order chi connectivity index (χ0) is 11.4. The number of anilines is 1. The van der Waals surface area contributed by atoms with Crippen LogP contribution < -0.4 is 5.73 Å². The van der Waals surface area contributed by atoms with E-state index in [1.807, 2.05) is 13.8 Å². The van der Waals surface area contributed by atoms with Gasteiger partial charge < -0.3 is 5.73 Å². The largest absolute Gasteiger partial charge is 0.398 e. The van der Waals surface area contributed by atoms with E-state index in [0.717, 1.165) is 0 Å². The van der Waals surface area contributed by atoms with Gasteiger partial charge in [-0.15, -0.1) is 0 Å². The summed E-state index contributed by atoms with van der Waals surface area (Å²) in [4.78, 5) is 10.1. The Bertz CT molecular complexity index is 442. The number of nitrogens with zero attached hydrogens (tertiary/aromatic N) is 1. The van der Waals surface area contributed by atoms with Crippen molar-refractivity contribution >= 4 is 11.4 Å². The molecule has 0 bridgehead atoms. The molecule has 0 aliphatic rings. The fraction of sp³-hybridized carbons (Fsp3) is 0.273. The first-order chi connectivity index (χ1) is 7.00. The van der Waals surface area contributed by atoms with Crippen molar-refractivity contribution in [2.75, 3.05) is 5.73 Å². The number of rotatable bonds is 1. The van der Waals surface area contributed by atoms with Crippen LogP contribution in [0.2, 0.25) is 0 Å². The van der Waals surface area contributed by atoms with Crippen molar-refractivity contribution in [3.8, 4) is 11.8 Å². The van der Waals surface area contributed by atoms with E-state index in [1.54, 1.807) is 0 Å². The second-order valence-corrected chi connectivity index (χ2v) is 3.45. The van der Waals surface area contributed by atoms with Gasteiger partial charge in [0.2, 0.25) is 0 Å². The summed E-state index contributed by atoms with van der Waals surface area (Å²) >= 11 is 0. The molecule has 15 heavy (non-hydrogen) atoms. The fourth-order valence-electron chi connectivity index (χ4n) is 0.988. The molecular weight excluding hydrogens is 192 g/mol. The minimum Gasteiger partial charge on any atom is -0.398 e. The van der Waals surface area contributed by atoms with Gasteiger partial charge in [-0.05, 0) is 6.07 Å². The van der Waals surface area contributed by atoms with Gasteiger partial charge in [-0.25, -0.2) is 0 Å². The Labute approximate surface area is 88.2 Å². The standard InChI is InChI=1S/C11H12N2O2/c1-8(2)3-4-9-7-10(13(14)15)5-6-11(9)12/h5-8H,12H2,1-2H3. The average Bonchev–Trinajstić information content (AvgIpc) is 2.16. The second kappa shape index (κ2) is 4.47. The summed E-state index contributed by atoms with van der Waals surface area (Å²) in [5, 5.41) is 10.5. The molecule has 0 aromatic heterocycles. The van der Waals surface area contributed by atoms with Gasteiger partial charge in [0.25, 0.3) is 5.69 Å². The minimum atomic E-state index is -0.458. The summed E-state index contributed by atoms with van der Waals surface area (Å²) in [6.07, 6.45) is 0. The zero-order valence-electron chi connectivity index (χ0n) is 8.65. The van der Waals surface area contributed by atoms with E-state index in [-0.39, 0.29) is 11.6 Å². The molecule has 78 valence electrons. The first-order valence-corrected chi connectivity index (χ1v) is 4.56. The molecule has 0 saturated carbocycles. The molecule has 0 aliphatic heterocycles. The van der Waals surface area contributed by atoms with Crippen LogP contribution in [0.5, 0.6) is 0 Å². The third-order valence-electron chi connectivity index (χ3n) is 1.74. The highest BCUT2D eigenvalue weighted by atomic mass is 16.6. The van der Waals surface area contributed by atoms with E-state index in [0.29, 0.717) is 11.3 Å². The second-order valence-electron chi connectivity index (χ2n) is 3.45. The first-order valence-electron chi connectivity index (χ1n) is 4.56. The number of hydrogen-bond acceptors (Lipinski definition) is 3. The fourth-order valence-corrected chi connectivity index (χ4v) is 0.988. The van der Waals surface area contributed by atoms with Gasteiger partial charge in [-0.1, -0.05) is 25.7 Å². The molecule has 0 aliphatic carbocycles. The van der Waals surface area contributed by atoms with E-state index in [4.69, 9.17) is 5.73 Å². The molecule has 2 N–H and O–H groups in total. The lowest BCUT2D eigenvalue weighted by Gasteiger charge is -1.98. The monoisotopic (exact) mass is 204 g/mol. The van der Waals surface area contributed by atoms with E-state index in [1.165, 1.54) is 18.2 Å². The van der Waals surface area contributed by atoms with E-state index < -0.39 is 4.92 Å². The minimum absolute atomic E-state index is 0.0113. The van der Waals surface area contributed by atoms with Gasteiger partial charge in [0.05, 0.1) is 10.5 Å². The highest BCUT2D eigenvalue weighted by Crippen LogP contribution is 2.18. The molecule has 4 nitrogen and oxygen atoms in total. The van der Waals surface area contributed by atoms with Crippen LogP contribution in [0.1, 0.15) is 19.4 Å². The predicted octanol–water partition coefficient (Wildman–Crippen LogP) is 2.18. The van der Waals surface area contributed by atoms with Crippen LogP contribution in [0.25, 0.3) is 0 Å². The smallest absolute Gasteiger partial charge is 0.270 e. The van der Waals surface area contributed by atoms with Crippen molar-refractivity contribution in [1.29, 1.82) is 0 Å². The number of nitrogen functional groups attached to an aromatic ring is 1. The SMILES string of the molecule is CC(C)C#Cc1cc([N+](=O)[O-])ccc1N. The third kappa shape index (κ3) is 2.99. The lowest BCUT2D eigenvalue weighted by atomic mass is 10.1. The van der Waals surface area contributed by atoms with E-state index in [9.17, 15) is 10.1 Å². The van der Waals surface area contributed by atoms with Gasteiger partial charge in [0.1, 0.15) is 0 Å². The highest BCUT2D eigenvalue weighted by molar-refractivity contribution is 5.60. The van der Waals surface area contributed by atoms with Crippen LogP contribution in [0, 0.1) is 27.9 Å². The number of nitrogens with two attached hydrogens (primary N) is 1. The molecule has 1 rings (SSSR count). The van der Waals surface area contributed by atoms with Crippen molar-refractivity contribution in [3.05, 3.63) is 33.9 Å². The van der Waals surface area contributed by atoms with Crippen molar-refractivity contribution in [1.82, 2.24) is 0 Å². The molecule has 0 atom stereocenters. The molecule has 1 aromatic carbocycles. The molecule has 0 amide bonds. The number of hydrogen-bond donors (Lipinski definition) is 1. The van der Waals surface area contributed by atoms with Crippen LogP contribution in [-0.2, 0) is 0 Å². The number of benzene rings is 1. The van der Waals surface area contributed by atoms with Crippen LogP contribution in [0.3, 0.4) is 0 Å². The van der Waals surface area contributed by atoms with E-state index >= 15 is 0 Å². The summed E-state index contributed by atoms with van der Waals surface area (Å²) in [5.74, 6) is 5.96. The van der Waals surface area contributed by atoms with Crippen LogP contribution in [0.4, 0.5) is 11.4 Å². The number of non-ortho nitro benzene ring substituents is 1. The lowest BCUT2D eigenvalue weighted by molar-refractivity contribution is -0.384. The molecule has 0 fully saturated rings. The lowest BCUT2D eigenvalue weighted by Crippen LogP contribution is -1.94. The van der Waals surface area contributed by atoms with Crippen LogP contribution in [-0.4, -0.2) is 4.92 Å². The summed E-state index contributed by atoms with van der Waals surface area (Å²) < 4.78 is 0. The molecule has 0 spiro atoms. The van der Waals surface area contributed by atoms with Gasteiger partial charge >= 0.3 is 0 Å². The summed E-state index contributed by atoms with van der Waals surface area (Å²) in [6.45, 7) is 3.89. The van der Waals surface area contributed by atoms with Crippen molar-refractivity contribution in [2.24, 2.45) is 5.92 Å². The quantitative estimate of drug-likeness (QED) is 0.330. The molecule has 0 saturated heterocycles. The average molecular weight is 204 g/mol. The Morgan fingerprint density at radius 3 is 2.67 bits per heavy atom. The Morgan fingerprint density at radius 2 is 2.13 bits per heavy atom. The van der Waals surface area contributed by atoms with Crippen molar-refractivity contribution < 1.29 is 4.92 Å². The third-order valence-corrected chi connectivity index (χ3v) is 1.74. The van der Waals surface area contributed by atoms with Gasteiger partial charge in [-0.2, -0.15) is 0 Å². The Hall–Kier alpha value is -2.02. The number of nitro groups is 1. The maximum Gasteiger partial charge on any atom is 0.270 e. The normalized spacial score (nSPS) is 9.53. The van der Waals surface area contributed by atoms with Crippen LogP contribution >= 0.6 is 0 Å². The van der Waals surface area contributed by atoms with Crippen LogP contribution in [0.15, 0.2) is 18.2 Å². The Kier molecular flexibility index (Phi) is 3.29. The predicted molar refractivity (Wildman–Crippen MR) is 59.2 cm³/mol.